The maximum absolute atomic E-state index is 13.3. The molecule has 0 atom stereocenters. The number of benzene rings is 1. The van der Waals surface area contributed by atoms with Gasteiger partial charge in [-0.15, -0.1) is 0 Å². The lowest BCUT2D eigenvalue weighted by Crippen LogP contribution is -2.44. The van der Waals surface area contributed by atoms with Crippen LogP contribution in [0.3, 0.4) is 0 Å². The van der Waals surface area contributed by atoms with Crippen molar-refractivity contribution in [1.29, 1.82) is 0 Å². The molecule has 0 aliphatic carbocycles. The lowest BCUT2D eigenvalue weighted by atomic mass is 9.92. The number of aromatic nitrogens is 2. The van der Waals surface area contributed by atoms with Crippen molar-refractivity contribution in [3.8, 4) is 0 Å². The molecule has 0 radical (unpaired) electrons. The second-order valence-corrected chi connectivity index (χ2v) is 8.52. The van der Waals surface area contributed by atoms with Crippen molar-refractivity contribution in [2.45, 2.75) is 46.1 Å². The number of hydrogen-bond donors (Lipinski definition) is 2. The number of carbonyl (C=O) groups is 2. The van der Waals surface area contributed by atoms with Gasteiger partial charge in [-0.25, -0.2) is 9.18 Å². The number of anilines is 2. The highest BCUT2D eigenvalue weighted by Crippen LogP contribution is 2.23. The van der Waals surface area contributed by atoms with E-state index in [1.165, 1.54) is 23.1 Å². The van der Waals surface area contributed by atoms with Crippen LogP contribution in [0.4, 0.5) is 20.7 Å². The van der Waals surface area contributed by atoms with E-state index in [-0.39, 0.29) is 28.9 Å². The van der Waals surface area contributed by atoms with Crippen molar-refractivity contribution in [3.05, 3.63) is 40.8 Å². The maximum atomic E-state index is 13.3. The minimum absolute atomic E-state index is 0.0949. The number of nitrogens with one attached hydrogen (secondary N) is 2. The fourth-order valence-corrected chi connectivity index (χ4v) is 2.73. The summed E-state index contributed by atoms with van der Waals surface area (Å²) in [6.45, 7) is 9.54. The van der Waals surface area contributed by atoms with Crippen LogP contribution in [0.25, 0.3) is 0 Å². The monoisotopic (exact) mass is 423 g/mol. The molecule has 1 aromatic carbocycles. The van der Waals surface area contributed by atoms with E-state index >= 15 is 0 Å². The van der Waals surface area contributed by atoms with E-state index in [1.54, 1.807) is 25.6 Å². The Balaban J connectivity index is 2.07. The van der Waals surface area contributed by atoms with Gasteiger partial charge in [-0.2, -0.15) is 5.10 Å². The molecule has 1 aromatic heterocycles. The highest BCUT2D eigenvalue weighted by molar-refractivity contribution is 6.31. The highest BCUT2D eigenvalue weighted by atomic mass is 35.5. The Morgan fingerprint density at radius 3 is 2.41 bits per heavy atom. The Kier molecular flexibility index (Phi) is 6.89. The van der Waals surface area contributed by atoms with Gasteiger partial charge in [-0.05, 0) is 32.0 Å². The molecule has 0 spiro atoms. The van der Waals surface area contributed by atoms with E-state index in [2.05, 4.69) is 15.7 Å². The van der Waals surface area contributed by atoms with Crippen LogP contribution in [0.5, 0.6) is 0 Å². The average molecular weight is 424 g/mol. The number of nitrogens with zero attached hydrogens (tertiary/aromatic N) is 3. The number of hydrogen-bond acceptors (Lipinski definition) is 3. The van der Waals surface area contributed by atoms with Crippen LogP contribution in [0.1, 0.15) is 40.3 Å². The van der Waals surface area contributed by atoms with E-state index in [0.717, 1.165) is 5.69 Å². The number of halogens is 2. The number of amides is 3. The molecule has 158 valence electrons. The van der Waals surface area contributed by atoms with Crippen LogP contribution in [0.2, 0.25) is 5.02 Å². The van der Waals surface area contributed by atoms with E-state index in [4.69, 9.17) is 11.6 Å². The molecule has 3 amide bonds. The van der Waals surface area contributed by atoms with Gasteiger partial charge in [-0.3, -0.25) is 9.48 Å². The third-order valence-corrected chi connectivity index (χ3v) is 4.57. The molecular formula is C20H27ClFN5O2. The zero-order chi connectivity index (χ0) is 21.9. The molecule has 0 saturated heterocycles. The van der Waals surface area contributed by atoms with Crippen LogP contribution < -0.4 is 10.6 Å². The molecule has 2 N–H and O–H groups in total. The zero-order valence-corrected chi connectivity index (χ0v) is 18.3. The molecule has 0 aliphatic heterocycles. The Morgan fingerprint density at radius 1 is 1.24 bits per heavy atom. The van der Waals surface area contributed by atoms with Gasteiger partial charge in [-0.1, -0.05) is 32.4 Å². The second-order valence-electron chi connectivity index (χ2n) is 8.12. The quantitative estimate of drug-likeness (QED) is 0.748. The topological polar surface area (TPSA) is 79.3 Å². The molecule has 29 heavy (non-hydrogen) atoms. The predicted octanol–water partition coefficient (Wildman–Crippen LogP) is 4.39. The molecule has 0 aliphatic rings. The summed E-state index contributed by atoms with van der Waals surface area (Å²) in [4.78, 5) is 26.5. The highest BCUT2D eigenvalue weighted by Gasteiger charge is 2.23. The van der Waals surface area contributed by atoms with Gasteiger partial charge in [0.15, 0.2) is 0 Å². The van der Waals surface area contributed by atoms with Gasteiger partial charge in [0.1, 0.15) is 18.2 Å². The summed E-state index contributed by atoms with van der Waals surface area (Å²) in [5, 5.41) is 9.75. The zero-order valence-electron chi connectivity index (χ0n) is 17.5. The van der Waals surface area contributed by atoms with Crippen molar-refractivity contribution >= 4 is 35.0 Å². The number of urea groups is 1. The van der Waals surface area contributed by atoms with Crippen LogP contribution in [-0.4, -0.2) is 39.2 Å². The molecule has 0 fully saturated rings. The lowest BCUT2D eigenvalue weighted by Gasteiger charge is -2.26. The van der Waals surface area contributed by atoms with Gasteiger partial charge in [0, 0.05) is 30.3 Å². The summed E-state index contributed by atoms with van der Waals surface area (Å²) < 4.78 is 14.9. The van der Waals surface area contributed by atoms with Crippen LogP contribution >= 0.6 is 11.6 Å². The normalized spacial score (nSPS) is 11.5. The molecule has 1 heterocycles. The minimum Gasteiger partial charge on any atom is -0.313 e. The molecule has 9 heteroatoms. The summed E-state index contributed by atoms with van der Waals surface area (Å²) in [7, 11) is 1.75. The van der Waals surface area contributed by atoms with E-state index < -0.39 is 11.8 Å². The summed E-state index contributed by atoms with van der Waals surface area (Å²) in [5.41, 5.74) is 1.04. The number of rotatable bonds is 5. The van der Waals surface area contributed by atoms with Gasteiger partial charge in [0.05, 0.1) is 10.7 Å². The van der Waals surface area contributed by atoms with Gasteiger partial charge >= 0.3 is 6.03 Å². The number of carbonyl (C=O) groups excluding carboxylic acids is 2. The lowest BCUT2D eigenvalue weighted by molar-refractivity contribution is -0.117. The minimum atomic E-state index is -0.574. The maximum Gasteiger partial charge on any atom is 0.322 e. The molecule has 0 unspecified atom stereocenters. The van der Waals surface area contributed by atoms with Gasteiger partial charge < -0.3 is 15.5 Å². The van der Waals surface area contributed by atoms with E-state index in [0.29, 0.717) is 11.5 Å². The van der Waals surface area contributed by atoms with Gasteiger partial charge in [0.2, 0.25) is 5.91 Å². The van der Waals surface area contributed by atoms with Crippen molar-refractivity contribution in [3.63, 3.8) is 0 Å². The first-order valence-corrected chi connectivity index (χ1v) is 9.63. The second kappa shape index (κ2) is 8.82. The van der Waals surface area contributed by atoms with Crippen molar-refractivity contribution in [2.75, 3.05) is 17.2 Å². The van der Waals surface area contributed by atoms with Crippen LogP contribution in [0, 0.1) is 5.82 Å². The third-order valence-electron chi connectivity index (χ3n) is 4.28. The SMILES string of the molecule is CC(C)N(CC(=O)Nc1cc(C(C)(C)C)nn1C)C(=O)Nc1ccc(F)c(Cl)c1. The summed E-state index contributed by atoms with van der Waals surface area (Å²) in [6.07, 6.45) is 0. The Labute approximate surface area is 175 Å². The smallest absolute Gasteiger partial charge is 0.313 e. The fourth-order valence-electron chi connectivity index (χ4n) is 2.55. The Hall–Kier alpha value is -2.61. The van der Waals surface area contributed by atoms with Crippen molar-refractivity contribution in [1.82, 2.24) is 14.7 Å². The molecule has 2 aromatic rings. The van der Waals surface area contributed by atoms with Crippen LogP contribution in [-0.2, 0) is 17.3 Å². The van der Waals surface area contributed by atoms with Crippen LogP contribution in [0.15, 0.2) is 24.3 Å². The molecule has 0 saturated carbocycles. The summed E-state index contributed by atoms with van der Waals surface area (Å²) >= 11 is 5.75. The fraction of sp³-hybridized carbons (Fsp3) is 0.450. The molecule has 2 rings (SSSR count). The predicted molar refractivity (Wildman–Crippen MR) is 113 cm³/mol. The standard InChI is InChI=1S/C20H27ClFN5O2/c1-12(2)27(19(29)23-13-7-8-15(22)14(21)9-13)11-18(28)24-17-10-16(20(3,4)5)25-26(17)6/h7-10,12H,11H2,1-6H3,(H,23,29)(H,24,28). The molecule has 7 nitrogen and oxygen atoms in total. The van der Waals surface area contributed by atoms with Gasteiger partial charge in [0.25, 0.3) is 0 Å². The summed E-state index contributed by atoms with van der Waals surface area (Å²) in [6, 6.07) is 4.97. The first kappa shape index (κ1) is 22.7. The summed E-state index contributed by atoms with van der Waals surface area (Å²) in [5.74, 6) is -0.376. The largest absolute Gasteiger partial charge is 0.322 e. The first-order valence-electron chi connectivity index (χ1n) is 9.25. The van der Waals surface area contributed by atoms with Crippen molar-refractivity contribution in [2.24, 2.45) is 7.05 Å². The molecular weight excluding hydrogens is 397 g/mol. The third kappa shape index (κ3) is 5.93. The van der Waals surface area contributed by atoms with E-state index in [1.807, 2.05) is 26.8 Å². The van der Waals surface area contributed by atoms with Crippen molar-refractivity contribution < 1.29 is 14.0 Å². The Bertz CT molecular complexity index is 905. The average Bonchev–Trinajstić information content (AvgIpc) is 2.96. The molecule has 0 bridgehead atoms. The first-order chi connectivity index (χ1) is 13.4. The van der Waals surface area contributed by atoms with E-state index in [9.17, 15) is 14.0 Å². The Morgan fingerprint density at radius 2 is 1.90 bits per heavy atom. The number of aryl methyl sites for hydroxylation is 1.